The third-order valence-corrected chi connectivity index (χ3v) is 5.62. The number of aromatic amines is 1. The molecule has 2 aliphatic rings. The van der Waals surface area contributed by atoms with E-state index in [2.05, 4.69) is 14.9 Å². The van der Waals surface area contributed by atoms with E-state index in [1.54, 1.807) is 18.3 Å². The Kier molecular flexibility index (Phi) is 4.81. The molecule has 0 bridgehead atoms. The predicted molar refractivity (Wildman–Crippen MR) is 105 cm³/mol. The molecular formula is C21H23FN4O3. The zero-order chi connectivity index (χ0) is 19.8. The Bertz CT molecular complexity index is 1070. The number of aromatic nitrogens is 3. The highest BCUT2D eigenvalue weighted by molar-refractivity contribution is 5.44. The van der Waals surface area contributed by atoms with Crippen LogP contribution in [0.4, 0.5) is 4.39 Å². The number of imidazole rings is 1. The summed E-state index contributed by atoms with van der Waals surface area (Å²) < 4.78 is 26.5. The minimum absolute atomic E-state index is 0.0262. The quantitative estimate of drug-likeness (QED) is 0.714. The molecule has 8 heteroatoms. The van der Waals surface area contributed by atoms with Gasteiger partial charge in [-0.05, 0) is 25.0 Å². The first-order valence-electron chi connectivity index (χ1n) is 9.97. The summed E-state index contributed by atoms with van der Waals surface area (Å²) in [6.07, 6.45) is 5.51. The van der Waals surface area contributed by atoms with E-state index in [4.69, 9.17) is 9.47 Å². The molecule has 0 amide bonds. The van der Waals surface area contributed by atoms with Gasteiger partial charge in [-0.15, -0.1) is 0 Å². The Morgan fingerprint density at radius 1 is 1.28 bits per heavy atom. The third-order valence-electron chi connectivity index (χ3n) is 5.62. The van der Waals surface area contributed by atoms with Gasteiger partial charge in [-0.2, -0.15) is 0 Å². The Morgan fingerprint density at radius 2 is 2.10 bits per heavy atom. The summed E-state index contributed by atoms with van der Waals surface area (Å²) in [4.78, 5) is 22.2. The Labute approximate surface area is 167 Å². The Morgan fingerprint density at radius 3 is 2.90 bits per heavy atom. The fourth-order valence-corrected chi connectivity index (χ4v) is 4.11. The lowest BCUT2D eigenvalue weighted by atomic mass is 10.00. The predicted octanol–water partition coefficient (Wildman–Crippen LogP) is 2.32. The first-order valence-corrected chi connectivity index (χ1v) is 9.97. The maximum Gasteiger partial charge on any atom is 0.274 e. The van der Waals surface area contributed by atoms with Crippen molar-refractivity contribution < 1.29 is 13.9 Å². The van der Waals surface area contributed by atoms with Crippen LogP contribution in [0.5, 0.6) is 5.75 Å². The van der Waals surface area contributed by atoms with Crippen LogP contribution in [0.2, 0.25) is 0 Å². The summed E-state index contributed by atoms with van der Waals surface area (Å²) >= 11 is 0. The fourth-order valence-electron chi connectivity index (χ4n) is 4.11. The third kappa shape index (κ3) is 3.77. The number of likely N-dealkylation sites (tertiary alicyclic amines) is 1. The number of rotatable bonds is 5. The van der Waals surface area contributed by atoms with Crippen molar-refractivity contribution in [1.29, 1.82) is 0 Å². The molecule has 0 saturated carbocycles. The molecule has 5 rings (SSSR count). The van der Waals surface area contributed by atoms with Crippen LogP contribution in [-0.2, 0) is 11.3 Å². The number of hydrogen-bond acceptors (Lipinski definition) is 5. The highest BCUT2D eigenvalue weighted by atomic mass is 19.1. The van der Waals surface area contributed by atoms with E-state index >= 15 is 0 Å². The number of nitrogens with zero attached hydrogens (tertiary/aromatic N) is 3. The number of nitrogens with one attached hydrogen (secondary N) is 1. The molecule has 2 aliphatic heterocycles. The number of ether oxygens (including phenoxy) is 2. The number of H-pyrrole nitrogens is 1. The fraction of sp³-hybridized carbons (Fsp3) is 0.429. The standard InChI is InChI=1S/C21H23FN4O3/c22-15-2-1-3-17(8-15)29-18-12-25(13-18)10-16-11-26-19(21(27)24-16)9-23-20(26)14-4-6-28-7-5-14/h1-3,8-9,11,14,18H,4-7,10,12-13H2,(H,24,27). The summed E-state index contributed by atoms with van der Waals surface area (Å²) in [6, 6.07) is 6.19. The highest BCUT2D eigenvalue weighted by Crippen LogP contribution is 2.26. The maximum absolute atomic E-state index is 13.3. The molecule has 0 spiro atoms. The zero-order valence-electron chi connectivity index (χ0n) is 16.0. The summed E-state index contributed by atoms with van der Waals surface area (Å²) in [5.74, 6) is 1.50. The zero-order valence-corrected chi connectivity index (χ0v) is 16.0. The van der Waals surface area contributed by atoms with Crippen LogP contribution in [0.1, 0.15) is 30.3 Å². The van der Waals surface area contributed by atoms with Crippen molar-refractivity contribution in [2.45, 2.75) is 31.4 Å². The van der Waals surface area contributed by atoms with Crippen molar-refractivity contribution in [2.75, 3.05) is 26.3 Å². The first-order chi connectivity index (χ1) is 14.2. The molecule has 2 saturated heterocycles. The van der Waals surface area contributed by atoms with Crippen LogP contribution in [0.3, 0.4) is 0 Å². The number of halogens is 1. The van der Waals surface area contributed by atoms with Crippen LogP contribution < -0.4 is 10.3 Å². The van der Waals surface area contributed by atoms with E-state index < -0.39 is 0 Å². The van der Waals surface area contributed by atoms with Crippen LogP contribution >= 0.6 is 0 Å². The van der Waals surface area contributed by atoms with Crippen molar-refractivity contribution in [3.05, 3.63) is 64.3 Å². The molecule has 2 aromatic heterocycles. The Balaban J connectivity index is 1.27. The second-order valence-electron chi connectivity index (χ2n) is 7.76. The average molecular weight is 398 g/mol. The lowest BCUT2D eigenvalue weighted by molar-refractivity contribution is 0.0135. The molecular weight excluding hydrogens is 375 g/mol. The van der Waals surface area contributed by atoms with Gasteiger partial charge >= 0.3 is 0 Å². The van der Waals surface area contributed by atoms with Gasteiger partial charge in [0.25, 0.3) is 5.56 Å². The largest absolute Gasteiger partial charge is 0.488 e. The number of benzene rings is 1. The lowest BCUT2D eigenvalue weighted by Gasteiger charge is -2.38. The van der Waals surface area contributed by atoms with Gasteiger partial charge in [0.2, 0.25) is 0 Å². The topological polar surface area (TPSA) is 71.9 Å². The summed E-state index contributed by atoms with van der Waals surface area (Å²) in [5.41, 5.74) is 1.30. The van der Waals surface area contributed by atoms with Crippen molar-refractivity contribution in [2.24, 2.45) is 0 Å². The van der Waals surface area contributed by atoms with E-state index in [0.717, 1.165) is 50.7 Å². The van der Waals surface area contributed by atoms with Gasteiger partial charge in [0.15, 0.2) is 0 Å². The Hall–Kier alpha value is -2.71. The van der Waals surface area contributed by atoms with E-state index in [1.807, 2.05) is 10.6 Å². The number of fused-ring (bicyclic) bond motifs is 1. The first kappa shape index (κ1) is 18.3. The van der Waals surface area contributed by atoms with Gasteiger partial charge in [-0.3, -0.25) is 14.1 Å². The molecule has 1 N–H and O–H groups in total. The van der Waals surface area contributed by atoms with E-state index in [1.165, 1.54) is 12.1 Å². The van der Waals surface area contributed by atoms with Gasteiger partial charge < -0.3 is 14.5 Å². The van der Waals surface area contributed by atoms with Gasteiger partial charge in [-0.1, -0.05) is 6.07 Å². The second-order valence-corrected chi connectivity index (χ2v) is 7.76. The van der Waals surface area contributed by atoms with Gasteiger partial charge in [0, 0.05) is 56.7 Å². The van der Waals surface area contributed by atoms with Gasteiger partial charge in [0.1, 0.15) is 29.0 Å². The van der Waals surface area contributed by atoms with E-state index in [-0.39, 0.29) is 17.5 Å². The van der Waals surface area contributed by atoms with Crippen molar-refractivity contribution in [3.63, 3.8) is 0 Å². The summed E-state index contributed by atoms with van der Waals surface area (Å²) in [6.45, 7) is 3.55. The normalized spacial score (nSPS) is 18.8. The lowest BCUT2D eigenvalue weighted by Crippen LogP contribution is -2.53. The smallest absolute Gasteiger partial charge is 0.274 e. The second kappa shape index (κ2) is 7.61. The molecule has 4 heterocycles. The summed E-state index contributed by atoms with van der Waals surface area (Å²) in [5, 5.41) is 0. The molecule has 2 fully saturated rings. The van der Waals surface area contributed by atoms with Crippen LogP contribution in [-0.4, -0.2) is 51.7 Å². The molecule has 3 aromatic rings. The van der Waals surface area contributed by atoms with Crippen LogP contribution in [0, 0.1) is 5.82 Å². The van der Waals surface area contributed by atoms with Gasteiger partial charge in [-0.25, -0.2) is 9.37 Å². The SMILES string of the molecule is O=c1[nH]c(CN2CC(Oc3cccc(F)c3)C2)cn2c(C3CCOCC3)ncc12. The van der Waals surface area contributed by atoms with Crippen molar-refractivity contribution in [3.8, 4) is 5.75 Å². The number of hydrogen-bond donors (Lipinski definition) is 1. The van der Waals surface area contributed by atoms with Crippen molar-refractivity contribution >= 4 is 5.52 Å². The van der Waals surface area contributed by atoms with E-state index in [0.29, 0.717) is 23.7 Å². The molecule has 152 valence electrons. The minimum atomic E-state index is -0.301. The van der Waals surface area contributed by atoms with Crippen LogP contribution in [0.25, 0.3) is 5.52 Å². The molecule has 7 nitrogen and oxygen atoms in total. The van der Waals surface area contributed by atoms with Crippen molar-refractivity contribution in [1.82, 2.24) is 19.3 Å². The minimum Gasteiger partial charge on any atom is -0.488 e. The summed E-state index contributed by atoms with van der Waals surface area (Å²) in [7, 11) is 0. The monoisotopic (exact) mass is 398 g/mol. The molecule has 0 atom stereocenters. The van der Waals surface area contributed by atoms with Gasteiger partial charge in [0.05, 0.1) is 6.20 Å². The molecule has 0 aliphatic carbocycles. The maximum atomic E-state index is 13.3. The molecule has 0 unspecified atom stereocenters. The highest BCUT2D eigenvalue weighted by Gasteiger charge is 2.29. The molecule has 1 aromatic carbocycles. The molecule has 29 heavy (non-hydrogen) atoms. The van der Waals surface area contributed by atoms with Crippen LogP contribution in [0.15, 0.2) is 41.5 Å². The molecule has 0 radical (unpaired) electrons. The average Bonchev–Trinajstić information content (AvgIpc) is 3.12. The van der Waals surface area contributed by atoms with E-state index in [9.17, 15) is 9.18 Å².